The summed E-state index contributed by atoms with van der Waals surface area (Å²) in [6, 6.07) is 8.16. The number of aromatic nitrogens is 1. The van der Waals surface area contributed by atoms with Crippen molar-refractivity contribution < 1.29 is 4.57 Å². The van der Waals surface area contributed by atoms with Gasteiger partial charge in [-0.2, -0.15) is 0 Å². The minimum Gasteiger partial charge on any atom is -0.222 e. The van der Waals surface area contributed by atoms with Crippen LogP contribution in [0.15, 0.2) is 46.1 Å². The largest absolute Gasteiger partial charge is 0.408 e. The fourth-order valence-corrected chi connectivity index (χ4v) is 2.00. The minimum absolute atomic E-state index is 0.894. The van der Waals surface area contributed by atoms with E-state index in [4.69, 9.17) is 0 Å². The van der Waals surface area contributed by atoms with Crippen molar-refractivity contribution in [3.8, 4) is 0 Å². The molecule has 3 nitrogen and oxygen atoms in total. The van der Waals surface area contributed by atoms with Crippen LogP contribution in [0.25, 0.3) is 0 Å². The summed E-state index contributed by atoms with van der Waals surface area (Å²) in [5.74, 6) is 0. The maximum Gasteiger partial charge on any atom is 0.408 e. The molecular formula is C12H14N3S+. The van der Waals surface area contributed by atoms with Gasteiger partial charge >= 0.3 is 5.13 Å². The summed E-state index contributed by atoms with van der Waals surface area (Å²) in [4.78, 5) is 0. The smallest absolute Gasteiger partial charge is 0.222 e. The van der Waals surface area contributed by atoms with E-state index in [1.807, 2.05) is 35.3 Å². The van der Waals surface area contributed by atoms with Gasteiger partial charge in [-0.25, -0.2) is 4.57 Å². The average molecular weight is 232 g/mol. The molecule has 0 unspecified atom stereocenters. The lowest BCUT2D eigenvalue weighted by Crippen LogP contribution is -2.23. The summed E-state index contributed by atoms with van der Waals surface area (Å²) in [7, 11) is 1.96. The molecule has 1 heterocycles. The van der Waals surface area contributed by atoms with Gasteiger partial charge in [0.25, 0.3) is 0 Å². The molecular weight excluding hydrogens is 218 g/mol. The predicted molar refractivity (Wildman–Crippen MR) is 65.5 cm³/mol. The quantitative estimate of drug-likeness (QED) is 0.572. The number of hydrogen-bond acceptors (Lipinski definition) is 3. The second-order valence-electron chi connectivity index (χ2n) is 3.52. The van der Waals surface area contributed by atoms with Gasteiger partial charge in [0.15, 0.2) is 0 Å². The number of azo groups is 1. The third-order valence-electron chi connectivity index (χ3n) is 2.36. The first-order valence-electron chi connectivity index (χ1n) is 5.23. The second-order valence-corrected chi connectivity index (χ2v) is 4.39. The van der Waals surface area contributed by atoms with Crippen molar-refractivity contribution in [2.45, 2.75) is 13.3 Å². The fourth-order valence-electron chi connectivity index (χ4n) is 1.32. The molecule has 0 fully saturated rings. The van der Waals surface area contributed by atoms with E-state index in [2.05, 4.69) is 29.3 Å². The third kappa shape index (κ3) is 2.52. The maximum atomic E-state index is 4.20. The Morgan fingerprint density at radius 2 is 1.94 bits per heavy atom. The van der Waals surface area contributed by atoms with E-state index < -0.39 is 0 Å². The highest BCUT2D eigenvalue weighted by Crippen LogP contribution is 2.19. The van der Waals surface area contributed by atoms with Crippen molar-refractivity contribution in [2.24, 2.45) is 17.3 Å². The zero-order valence-electron chi connectivity index (χ0n) is 9.42. The minimum atomic E-state index is 0.894. The number of thiazole rings is 1. The average Bonchev–Trinajstić information content (AvgIpc) is 2.73. The lowest BCUT2D eigenvalue weighted by Gasteiger charge is -1.93. The molecule has 0 aliphatic heterocycles. The zero-order chi connectivity index (χ0) is 11.4. The topological polar surface area (TPSA) is 28.6 Å². The molecule has 2 aromatic rings. The molecule has 0 spiro atoms. The van der Waals surface area contributed by atoms with Gasteiger partial charge in [0, 0.05) is 5.38 Å². The molecule has 1 aromatic carbocycles. The van der Waals surface area contributed by atoms with Crippen molar-refractivity contribution in [3.05, 3.63) is 41.4 Å². The molecule has 82 valence electrons. The van der Waals surface area contributed by atoms with Crippen molar-refractivity contribution in [1.82, 2.24) is 0 Å². The van der Waals surface area contributed by atoms with Crippen LogP contribution in [0.2, 0.25) is 0 Å². The Hall–Kier alpha value is -1.55. The summed E-state index contributed by atoms with van der Waals surface area (Å²) in [6.07, 6.45) is 3.02. The van der Waals surface area contributed by atoms with Crippen LogP contribution in [0.1, 0.15) is 12.5 Å². The number of aryl methyl sites for hydroxylation is 2. The highest BCUT2D eigenvalue weighted by Gasteiger charge is 2.06. The van der Waals surface area contributed by atoms with Gasteiger partial charge in [0.2, 0.25) is 0 Å². The molecule has 0 radical (unpaired) electrons. The molecule has 4 heteroatoms. The van der Waals surface area contributed by atoms with Crippen molar-refractivity contribution >= 4 is 22.2 Å². The molecule has 16 heavy (non-hydrogen) atoms. The van der Waals surface area contributed by atoms with E-state index in [1.54, 1.807) is 11.3 Å². The van der Waals surface area contributed by atoms with E-state index in [0.29, 0.717) is 0 Å². The third-order valence-corrected chi connectivity index (χ3v) is 3.19. The molecule has 0 amide bonds. The van der Waals surface area contributed by atoms with E-state index in [0.717, 1.165) is 17.2 Å². The molecule has 0 atom stereocenters. The van der Waals surface area contributed by atoms with Crippen LogP contribution in [0.3, 0.4) is 0 Å². The number of hydrogen-bond donors (Lipinski definition) is 0. The van der Waals surface area contributed by atoms with Crippen molar-refractivity contribution in [2.75, 3.05) is 0 Å². The Labute approximate surface area is 99.1 Å². The van der Waals surface area contributed by atoms with Gasteiger partial charge in [0.05, 0.1) is 12.2 Å². The van der Waals surface area contributed by atoms with Crippen molar-refractivity contribution in [1.29, 1.82) is 0 Å². The normalized spacial score (nSPS) is 11.1. The van der Waals surface area contributed by atoms with Gasteiger partial charge in [-0.05, 0) is 40.6 Å². The Balaban J connectivity index is 2.14. The van der Waals surface area contributed by atoms with Crippen LogP contribution in [0.4, 0.5) is 10.8 Å². The molecule has 1 aromatic heterocycles. The van der Waals surface area contributed by atoms with Crippen LogP contribution in [0.5, 0.6) is 0 Å². The van der Waals surface area contributed by atoms with E-state index in [1.165, 1.54) is 5.56 Å². The molecule has 0 bridgehead atoms. The SMILES string of the molecule is CCc1ccc(N=Nc2scc[n+]2C)cc1. The van der Waals surface area contributed by atoms with Gasteiger partial charge < -0.3 is 0 Å². The Morgan fingerprint density at radius 3 is 2.50 bits per heavy atom. The number of rotatable bonds is 3. The molecule has 0 saturated carbocycles. The van der Waals surface area contributed by atoms with E-state index in [-0.39, 0.29) is 0 Å². The summed E-state index contributed by atoms with van der Waals surface area (Å²) in [5, 5.41) is 11.3. The number of nitrogens with zero attached hydrogens (tertiary/aromatic N) is 3. The van der Waals surface area contributed by atoms with Crippen LogP contribution in [-0.4, -0.2) is 0 Å². The first-order chi connectivity index (χ1) is 7.79. The monoisotopic (exact) mass is 232 g/mol. The zero-order valence-corrected chi connectivity index (χ0v) is 10.2. The van der Waals surface area contributed by atoms with Crippen LogP contribution < -0.4 is 4.57 Å². The summed E-state index contributed by atoms with van der Waals surface area (Å²) < 4.78 is 1.95. The summed E-state index contributed by atoms with van der Waals surface area (Å²) >= 11 is 1.58. The molecule has 0 saturated heterocycles. The highest BCUT2D eigenvalue weighted by molar-refractivity contribution is 7.12. The van der Waals surface area contributed by atoms with Crippen LogP contribution >= 0.6 is 11.3 Å². The van der Waals surface area contributed by atoms with Crippen LogP contribution in [0, 0.1) is 0 Å². The van der Waals surface area contributed by atoms with Crippen LogP contribution in [-0.2, 0) is 13.5 Å². The Kier molecular flexibility index (Phi) is 3.41. The number of benzene rings is 1. The summed E-state index contributed by atoms with van der Waals surface area (Å²) in [5.41, 5.74) is 2.21. The van der Waals surface area contributed by atoms with Gasteiger partial charge in [-0.3, -0.25) is 0 Å². The van der Waals surface area contributed by atoms with Gasteiger partial charge in [-0.15, -0.1) is 0 Å². The standard InChI is InChI=1S/C12H14N3S/c1-3-10-4-6-11(7-5-10)13-14-12-15(2)8-9-16-12/h4-9H,3H2,1-2H3/q+1. The fraction of sp³-hybridized carbons (Fsp3) is 0.250. The van der Waals surface area contributed by atoms with Gasteiger partial charge in [0.1, 0.15) is 11.9 Å². The van der Waals surface area contributed by atoms with E-state index >= 15 is 0 Å². The van der Waals surface area contributed by atoms with E-state index in [9.17, 15) is 0 Å². The molecule has 0 N–H and O–H groups in total. The van der Waals surface area contributed by atoms with Gasteiger partial charge in [-0.1, -0.05) is 19.1 Å². The molecule has 2 rings (SSSR count). The maximum absolute atomic E-state index is 4.20. The Morgan fingerprint density at radius 1 is 1.19 bits per heavy atom. The van der Waals surface area contributed by atoms with Crippen molar-refractivity contribution in [3.63, 3.8) is 0 Å². The first-order valence-corrected chi connectivity index (χ1v) is 6.11. The lowest BCUT2D eigenvalue weighted by atomic mass is 10.2. The first kappa shape index (κ1) is 11.0. The second kappa shape index (κ2) is 4.99. The highest BCUT2D eigenvalue weighted by atomic mass is 32.1. The summed E-state index contributed by atoms with van der Waals surface area (Å²) in [6.45, 7) is 2.14. The predicted octanol–water partition coefficient (Wildman–Crippen LogP) is 3.55. The lowest BCUT2D eigenvalue weighted by molar-refractivity contribution is -0.654. The molecule has 0 aliphatic carbocycles. The Bertz CT molecular complexity index is 485. The molecule has 0 aliphatic rings.